The molecule has 0 saturated heterocycles. The van der Waals surface area contributed by atoms with E-state index in [1.54, 1.807) is 7.11 Å². The van der Waals surface area contributed by atoms with Gasteiger partial charge in [-0.2, -0.15) is 0 Å². The Morgan fingerprint density at radius 2 is 2.16 bits per heavy atom. The van der Waals surface area contributed by atoms with E-state index in [4.69, 9.17) is 4.74 Å². The number of H-pyrrole nitrogens is 1. The summed E-state index contributed by atoms with van der Waals surface area (Å²) in [4.78, 5) is 19.2. The highest BCUT2D eigenvalue weighted by atomic mass is 16.5. The van der Waals surface area contributed by atoms with E-state index in [2.05, 4.69) is 9.97 Å². The number of nitrogens with zero attached hydrogens (tertiary/aromatic N) is 1. The molecule has 0 aliphatic carbocycles. The van der Waals surface area contributed by atoms with E-state index in [9.17, 15) is 4.79 Å². The molecule has 0 unspecified atom stereocenters. The summed E-state index contributed by atoms with van der Waals surface area (Å²) in [5.41, 5.74) is 2.59. The first kappa shape index (κ1) is 13.3. The second-order valence-corrected chi connectivity index (χ2v) is 4.46. The van der Waals surface area contributed by atoms with Gasteiger partial charge in [0.25, 0.3) is 5.56 Å². The lowest BCUT2D eigenvalue weighted by atomic mass is 10.1. The van der Waals surface area contributed by atoms with Crippen molar-refractivity contribution in [2.75, 3.05) is 7.11 Å². The van der Waals surface area contributed by atoms with Crippen LogP contribution in [0.2, 0.25) is 0 Å². The summed E-state index contributed by atoms with van der Waals surface area (Å²) >= 11 is 0. The zero-order chi connectivity index (χ0) is 13.8. The van der Waals surface area contributed by atoms with Crippen molar-refractivity contribution in [3.05, 3.63) is 57.3 Å². The van der Waals surface area contributed by atoms with Crippen LogP contribution in [0.1, 0.15) is 29.6 Å². The van der Waals surface area contributed by atoms with Crippen LogP contribution in [0.4, 0.5) is 0 Å². The van der Waals surface area contributed by atoms with Gasteiger partial charge in [0.15, 0.2) is 0 Å². The summed E-state index contributed by atoms with van der Waals surface area (Å²) in [5, 5.41) is 0. The predicted octanol–water partition coefficient (Wildman–Crippen LogP) is 2.24. The molecule has 100 valence electrons. The van der Waals surface area contributed by atoms with Crippen molar-refractivity contribution in [2.45, 2.75) is 26.7 Å². The Hall–Kier alpha value is -2.10. The van der Waals surface area contributed by atoms with E-state index in [-0.39, 0.29) is 5.56 Å². The van der Waals surface area contributed by atoms with Crippen LogP contribution in [-0.2, 0) is 12.8 Å². The second kappa shape index (κ2) is 5.69. The van der Waals surface area contributed by atoms with Gasteiger partial charge < -0.3 is 9.72 Å². The molecule has 1 aromatic heterocycles. The average molecular weight is 258 g/mol. The summed E-state index contributed by atoms with van der Waals surface area (Å²) < 4.78 is 5.18. The van der Waals surface area contributed by atoms with Gasteiger partial charge in [0, 0.05) is 17.7 Å². The Kier molecular flexibility index (Phi) is 4.00. The summed E-state index contributed by atoms with van der Waals surface area (Å²) in [7, 11) is 1.64. The second-order valence-electron chi connectivity index (χ2n) is 4.46. The van der Waals surface area contributed by atoms with Crippen LogP contribution in [0.25, 0.3) is 0 Å². The minimum Gasteiger partial charge on any atom is -0.497 e. The fraction of sp³-hybridized carbons (Fsp3) is 0.333. The molecule has 4 nitrogen and oxygen atoms in total. The predicted molar refractivity (Wildman–Crippen MR) is 74.8 cm³/mol. The summed E-state index contributed by atoms with van der Waals surface area (Å²) in [6, 6.07) is 7.76. The normalized spacial score (nSPS) is 10.5. The van der Waals surface area contributed by atoms with E-state index in [0.717, 1.165) is 22.6 Å². The van der Waals surface area contributed by atoms with Crippen LogP contribution in [-0.4, -0.2) is 17.1 Å². The maximum atomic E-state index is 11.9. The van der Waals surface area contributed by atoms with Crippen molar-refractivity contribution < 1.29 is 4.74 Å². The van der Waals surface area contributed by atoms with E-state index in [1.807, 2.05) is 38.1 Å². The highest BCUT2D eigenvalue weighted by Crippen LogP contribution is 2.14. The van der Waals surface area contributed by atoms with Gasteiger partial charge in [-0.3, -0.25) is 4.79 Å². The average Bonchev–Trinajstić information content (AvgIpc) is 2.38. The molecule has 0 aliphatic heterocycles. The maximum absolute atomic E-state index is 11.9. The Labute approximate surface area is 112 Å². The molecule has 0 spiro atoms. The lowest BCUT2D eigenvalue weighted by Gasteiger charge is -2.07. The number of hydrogen-bond acceptors (Lipinski definition) is 3. The lowest BCUT2D eigenvalue weighted by Crippen LogP contribution is -2.18. The highest BCUT2D eigenvalue weighted by Gasteiger charge is 2.07. The standard InChI is InChI=1S/C15H18N2O2/c1-4-13-10(2)16-14(17-15(13)18)9-11-6-5-7-12(8-11)19-3/h5-8H,4,9H2,1-3H3,(H,16,17,18). The number of hydrogen-bond donors (Lipinski definition) is 1. The van der Waals surface area contributed by atoms with Gasteiger partial charge in [-0.25, -0.2) is 4.98 Å². The van der Waals surface area contributed by atoms with Crippen molar-refractivity contribution in [3.63, 3.8) is 0 Å². The van der Waals surface area contributed by atoms with Gasteiger partial charge in [-0.1, -0.05) is 19.1 Å². The summed E-state index contributed by atoms with van der Waals surface area (Å²) in [5.74, 6) is 1.50. The van der Waals surface area contributed by atoms with Crippen LogP contribution in [0, 0.1) is 6.92 Å². The third kappa shape index (κ3) is 3.02. The largest absolute Gasteiger partial charge is 0.497 e. The van der Waals surface area contributed by atoms with Crippen LogP contribution >= 0.6 is 0 Å². The van der Waals surface area contributed by atoms with Crippen LogP contribution < -0.4 is 10.3 Å². The number of aromatic nitrogens is 2. The molecular weight excluding hydrogens is 240 g/mol. The van der Waals surface area contributed by atoms with Gasteiger partial charge in [0.05, 0.1) is 7.11 Å². The van der Waals surface area contributed by atoms with Gasteiger partial charge in [-0.15, -0.1) is 0 Å². The fourth-order valence-corrected chi connectivity index (χ4v) is 2.14. The van der Waals surface area contributed by atoms with E-state index in [1.165, 1.54) is 0 Å². The fourth-order valence-electron chi connectivity index (χ4n) is 2.14. The number of benzene rings is 1. The number of rotatable bonds is 4. The van der Waals surface area contributed by atoms with Crippen LogP contribution in [0.5, 0.6) is 5.75 Å². The third-order valence-electron chi connectivity index (χ3n) is 3.13. The van der Waals surface area contributed by atoms with E-state index in [0.29, 0.717) is 18.7 Å². The Morgan fingerprint density at radius 1 is 1.37 bits per heavy atom. The summed E-state index contributed by atoms with van der Waals surface area (Å²) in [6.45, 7) is 3.84. The van der Waals surface area contributed by atoms with E-state index < -0.39 is 0 Å². The monoisotopic (exact) mass is 258 g/mol. The molecule has 1 heterocycles. The maximum Gasteiger partial charge on any atom is 0.254 e. The zero-order valence-corrected chi connectivity index (χ0v) is 11.5. The first-order valence-corrected chi connectivity index (χ1v) is 6.35. The molecule has 0 aliphatic rings. The number of aryl methyl sites for hydroxylation is 1. The Bertz CT molecular complexity index is 632. The Balaban J connectivity index is 2.31. The highest BCUT2D eigenvalue weighted by molar-refractivity contribution is 5.30. The van der Waals surface area contributed by atoms with Gasteiger partial charge in [0.1, 0.15) is 11.6 Å². The molecule has 0 radical (unpaired) electrons. The van der Waals surface area contributed by atoms with Crippen molar-refractivity contribution in [1.29, 1.82) is 0 Å². The lowest BCUT2D eigenvalue weighted by molar-refractivity contribution is 0.414. The molecule has 2 rings (SSSR count). The van der Waals surface area contributed by atoms with Gasteiger partial charge >= 0.3 is 0 Å². The molecule has 0 bridgehead atoms. The number of nitrogens with one attached hydrogen (secondary N) is 1. The minimum atomic E-state index is -0.0344. The topological polar surface area (TPSA) is 55.0 Å². The van der Waals surface area contributed by atoms with Crippen LogP contribution in [0.3, 0.4) is 0 Å². The number of aromatic amines is 1. The van der Waals surface area contributed by atoms with Crippen molar-refractivity contribution >= 4 is 0 Å². The van der Waals surface area contributed by atoms with Crippen molar-refractivity contribution in [1.82, 2.24) is 9.97 Å². The molecule has 1 N–H and O–H groups in total. The molecule has 0 saturated carbocycles. The van der Waals surface area contributed by atoms with Gasteiger partial charge in [0.2, 0.25) is 0 Å². The molecule has 1 aromatic carbocycles. The molecule has 4 heteroatoms. The first-order chi connectivity index (χ1) is 9.13. The Morgan fingerprint density at radius 3 is 2.79 bits per heavy atom. The number of ether oxygens (including phenoxy) is 1. The quantitative estimate of drug-likeness (QED) is 0.915. The molecule has 0 fully saturated rings. The smallest absolute Gasteiger partial charge is 0.254 e. The SMILES string of the molecule is CCc1c(C)nc(Cc2cccc(OC)c2)[nH]c1=O. The van der Waals surface area contributed by atoms with Crippen molar-refractivity contribution in [2.24, 2.45) is 0 Å². The molecular formula is C15H18N2O2. The zero-order valence-electron chi connectivity index (χ0n) is 11.5. The van der Waals surface area contributed by atoms with Gasteiger partial charge in [-0.05, 0) is 31.0 Å². The first-order valence-electron chi connectivity index (χ1n) is 6.35. The molecule has 19 heavy (non-hydrogen) atoms. The molecule has 0 atom stereocenters. The van der Waals surface area contributed by atoms with Crippen molar-refractivity contribution in [3.8, 4) is 5.75 Å². The summed E-state index contributed by atoms with van der Waals surface area (Å²) in [6.07, 6.45) is 1.30. The molecule has 2 aromatic rings. The minimum absolute atomic E-state index is 0.0344. The van der Waals surface area contributed by atoms with E-state index >= 15 is 0 Å². The third-order valence-corrected chi connectivity index (χ3v) is 3.13. The van der Waals surface area contributed by atoms with Crippen LogP contribution in [0.15, 0.2) is 29.1 Å². The molecule has 0 amide bonds. The number of methoxy groups -OCH3 is 1.